The highest BCUT2D eigenvalue weighted by Crippen LogP contribution is 2.47. The van der Waals surface area contributed by atoms with Crippen molar-refractivity contribution < 1.29 is 23.8 Å². The summed E-state index contributed by atoms with van der Waals surface area (Å²) in [6, 6.07) is 14.0. The number of allylic oxidation sites excluding steroid dienone is 3. The number of hydrogen-bond acceptors (Lipinski definition) is 7. The van der Waals surface area contributed by atoms with Gasteiger partial charge in [-0.3, -0.25) is 4.79 Å². The number of hydrogen-bond donors (Lipinski definition) is 1. The molecule has 1 fully saturated rings. The molecule has 2 aromatic carbocycles. The van der Waals surface area contributed by atoms with Crippen LogP contribution in [0.15, 0.2) is 69.9 Å². The van der Waals surface area contributed by atoms with Crippen LogP contribution in [-0.4, -0.2) is 38.3 Å². The van der Waals surface area contributed by atoms with Crippen LogP contribution in [0, 0.1) is 0 Å². The van der Waals surface area contributed by atoms with Crippen molar-refractivity contribution in [2.75, 3.05) is 20.5 Å². The van der Waals surface area contributed by atoms with Gasteiger partial charge in [-0.1, -0.05) is 24.6 Å². The molecule has 2 aromatic rings. The number of ether oxygens (including phenoxy) is 3. The van der Waals surface area contributed by atoms with Crippen molar-refractivity contribution in [2.45, 2.75) is 74.7 Å². The molecule has 0 spiro atoms. The van der Waals surface area contributed by atoms with Gasteiger partial charge >= 0.3 is 5.97 Å². The maximum atomic E-state index is 13.9. The fraction of sp³-hybridized carbons (Fsp3) is 0.438. The van der Waals surface area contributed by atoms with E-state index in [1.807, 2.05) is 43.5 Å². The molecular formula is C32H37NO5S. The highest BCUT2D eigenvalue weighted by Gasteiger charge is 2.42. The van der Waals surface area contributed by atoms with Crippen LogP contribution < -0.4 is 14.8 Å². The van der Waals surface area contributed by atoms with Crippen LogP contribution in [0.3, 0.4) is 0 Å². The molecule has 2 unspecified atom stereocenters. The molecular weight excluding hydrogens is 510 g/mol. The van der Waals surface area contributed by atoms with E-state index in [4.69, 9.17) is 14.2 Å². The van der Waals surface area contributed by atoms with Gasteiger partial charge in [-0.05, 0) is 86.6 Å². The Morgan fingerprint density at radius 3 is 2.28 bits per heavy atom. The number of dihydropyridines is 1. The van der Waals surface area contributed by atoms with Crippen LogP contribution >= 0.6 is 11.8 Å². The lowest BCUT2D eigenvalue weighted by molar-refractivity contribution is -0.146. The van der Waals surface area contributed by atoms with Gasteiger partial charge in [0.2, 0.25) is 0 Å². The third-order valence-electron chi connectivity index (χ3n) is 8.20. The average molecular weight is 548 g/mol. The van der Waals surface area contributed by atoms with E-state index >= 15 is 0 Å². The first-order valence-electron chi connectivity index (χ1n) is 13.7. The predicted octanol–water partition coefficient (Wildman–Crippen LogP) is 6.66. The Kier molecular flexibility index (Phi) is 8.36. The monoisotopic (exact) mass is 547 g/mol. The third-order valence-corrected chi connectivity index (χ3v) is 8.95. The molecule has 39 heavy (non-hydrogen) atoms. The number of carbonyl (C=O) groups is 2. The summed E-state index contributed by atoms with van der Waals surface area (Å²) in [5.74, 6) is 0.589. The Labute approximate surface area is 235 Å². The first-order valence-corrected chi connectivity index (χ1v) is 15.0. The fourth-order valence-electron chi connectivity index (χ4n) is 6.18. The number of nitrogens with one attached hydrogen (secondary N) is 1. The predicted molar refractivity (Wildman–Crippen MR) is 153 cm³/mol. The van der Waals surface area contributed by atoms with Gasteiger partial charge in [-0.2, -0.15) is 0 Å². The van der Waals surface area contributed by atoms with Crippen molar-refractivity contribution in [1.82, 2.24) is 5.32 Å². The Hall–Kier alpha value is -3.19. The largest absolute Gasteiger partial charge is 0.493 e. The molecule has 6 nitrogen and oxygen atoms in total. The molecule has 1 saturated carbocycles. The molecule has 0 amide bonds. The van der Waals surface area contributed by atoms with Crippen molar-refractivity contribution in [3.63, 3.8) is 0 Å². The lowest BCUT2D eigenvalue weighted by Crippen LogP contribution is -2.37. The van der Waals surface area contributed by atoms with E-state index in [0.29, 0.717) is 35.5 Å². The van der Waals surface area contributed by atoms with E-state index in [2.05, 4.69) is 17.4 Å². The highest BCUT2D eigenvalue weighted by molar-refractivity contribution is 7.98. The van der Waals surface area contributed by atoms with Gasteiger partial charge in [0, 0.05) is 34.2 Å². The van der Waals surface area contributed by atoms with E-state index in [9.17, 15) is 9.59 Å². The third kappa shape index (κ3) is 5.60. The first-order chi connectivity index (χ1) is 18.9. The Morgan fingerprint density at radius 1 is 0.923 bits per heavy atom. The van der Waals surface area contributed by atoms with Crippen LogP contribution in [0.5, 0.6) is 11.5 Å². The van der Waals surface area contributed by atoms with Crippen LogP contribution in [0.1, 0.15) is 74.8 Å². The number of thioether (sulfide) groups is 1. The first kappa shape index (κ1) is 27.4. The second kappa shape index (κ2) is 11.9. The summed E-state index contributed by atoms with van der Waals surface area (Å²) in [5.41, 5.74) is 4.85. The van der Waals surface area contributed by atoms with E-state index in [-0.39, 0.29) is 23.8 Å². The van der Waals surface area contributed by atoms with Crippen molar-refractivity contribution in [3.8, 4) is 11.5 Å². The molecule has 1 aliphatic heterocycles. The topological polar surface area (TPSA) is 73.9 Å². The SMILES string of the molecule is COc1ccc(C2CC(=O)C3=C(C2)NC(C)=C(C(=O)OC2CCCCC2)C3c2ccc(SC)cc2)cc1OC. The molecule has 5 rings (SSSR count). The van der Waals surface area contributed by atoms with Gasteiger partial charge in [0.25, 0.3) is 0 Å². The summed E-state index contributed by atoms with van der Waals surface area (Å²) >= 11 is 1.67. The molecule has 1 N–H and O–H groups in total. The molecule has 0 radical (unpaired) electrons. The molecule has 0 saturated heterocycles. The number of carbonyl (C=O) groups excluding carboxylic acids is 2. The summed E-state index contributed by atoms with van der Waals surface area (Å²) in [6.07, 6.45) is 8.16. The molecule has 2 aliphatic carbocycles. The van der Waals surface area contributed by atoms with Crippen LogP contribution in [0.2, 0.25) is 0 Å². The quantitative estimate of drug-likeness (QED) is 0.307. The summed E-state index contributed by atoms with van der Waals surface area (Å²) in [6.45, 7) is 1.93. The number of esters is 1. The number of Topliss-reactive ketones (excluding diaryl/α,β-unsaturated/α-hetero) is 1. The Balaban J connectivity index is 1.51. The zero-order valence-corrected chi connectivity index (χ0v) is 24.0. The normalized spacial score (nSPS) is 21.8. The molecule has 0 aromatic heterocycles. The van der Waals surface area contributed by atoms with Crippen LogP contribution in [-0.2, 0) is 14.3 Å². The van der Waals surface area contributed by atoms with Gasteiger partial charge in [0.1, 0.15) is 6.10 Å². The standard InChI is InChI=1S/C32H37NO5S/c1-19-29(32(35)38-23-8-6-5-7-9-23)30(20-10-13-24(39-4)14-11-20)31-25(33-19)16-22(17-26(31)34)21-12-15-27(36-2)28(18-21)37-3/h10-15,18,22-23,30,33H,5-9,16-17H2,1-4H3. The minimum absolute atomic E-state index is 0.00776. The summed E-state index contributed by atoms with van der Waals surface area (Å²) < 4.78 is 17.0. The summed E-state index contributed by atoms with van der Waals surface area (Å²) in [4.78, 5) is 28.8. The lowest BCUT2D eigenvalue weighted by Gasteiger charge is -2.37. The minimum atomic E-state index is -0.452. The average Bonchev–Trinajstić information content (AvgIpc) is 2.96. The van der Waals surface area contributed by atoms with E-state index in [0.717, 1.165) is 53.1 Å². The van der Waals surface area contributed by atoms with E-state index < -0.39 is 5.92 Å². The maximum Gasteiger partial charge on any atom is 0.337 e. The summed E-state index contributed by atoms with van der Waals surface area (Å²) in [7, 11) is 3.23. The highest BCUT2D eigenvalue weighted by atomic mass is 32.2. The minimum Gasteiger partial charge on any atom is -0.493 e. The number of rotatable bonds is 7. The van der Waals surface area contributed by atoms with Crippen LogP contribution in [0.4, 0.5) is 0 Å². The fourth-order valence-corrected chi connectivity index (χ4v) is 6.59. The van der Waals surface area contributed by atoms with Gasteiger partial charge in [-0.25, -0.2) is 4.79 Å². The van der Waals surface area contributed by atoms with Gasteiger partial charge in [0.15, 0.2) is 17.3 Å². The second-order valence-corrected chi connectivity index (χ2v) is 11.4. The van der Waals surface area contributed by atoms with Gasteiger partial charge in [-0.15, -0.1) is 11.8 Å². The molecule has 3 aliphatic rings. The smallest absolute Gasteiger partial charge is 0.337 e. The number of ketones is 1. The molecule has 1 heterocycles. The zero-order valence-electron chi connectivity index (χ0n) is 23.2. The van der Waals surface area contributed by atoms with Crippen molar-refractivity contribution in [2.24, 2.45) is 0 Å². The lowest BCUT2D eigenvalue weighted by atomic mass is 9.71. The zero-order chi connectivity index (χ0) is 27.5. The van der Waals surface area contributed by atoms with Crippen LogP contribution in [0.25, 0.3) is 0 Å². The van der Waals surface area contributed by atoms with Gasteiger partial charge < -0.3 is 19.5 Å². The Morgan fingerprint density at radius 2 is 1.62 bits per heavy atom. The van der Waals surface area contributed by atoms with Gasteiger partial charge in [0.05, 0.1) is 19.8 Å². The molecule has 2 atom stereocenters. The molecule has 7 heteroatoms. The summed E-state index contributed by atoms with van der Waals surface area (Å²) in [5, 5.41) is 3.47. The van der Waals surface area contributed by atoms with Crippen molar-refractivity contribution in [3.05, 3.63) is 76.1 Å². The number of benzene rings is 2. The van der Waals surface area contributed by atoms with Crippen molar-refractivity contribution >= 4 is 23.5 Å². The maximum absolute atomic E-state index is 13.9. The molecule has 0 bridgehead atoms. The second-order valence-electron chi connectivity index (χ2n) is 10.6. The Bertz CT molecular complexity index is 1310. The van der Waals surface area contributed by atoms with E-state index in [1.165, 1.54) is 6.42 Å². The van der Waals surface area contributed by atoms with E-state index in [1.54, 1.807) is 26.0 Å². The number of methoxy groups -OCH3 is 2. The molecule has 206 valence electrons. The van der Waals surface area contributed by atoms with Crippen molar-refractivity contribution in [1.29, 1.82) is 0 Å².